The second-order valence-electron chi connectivity index (χ2n) is 4.06. The summed E-state index contributed by atoms with van der Waals surface area (Å²) in [6.45, 7) is 3.65. The molecule has 3 nitrogen and oxygen atoms in total. The first-order chi connectivity index (χ1) is 7.75. The van der Waals surface area contributed by atoms with Gasteiger partial charge in [-0.2, -0.15) is 0 Å². The number of hydrogen-bond donors (Lipinski definition) is 1. The van der Waals surface area contributed by atoms with Crippen LogP contribution in [0.2, 0.25) is 0 Å². The van der Waals surface area contributed by atoms with Crippen LogP contribution >= 0.6 is 15.9 Å². The zero-order valence-corrected chi connectivity index (χ0v) is 11.0. The van der Waals surface area contributed by atoms with Crippen molar-refractivity contribution in [3.63, 3.8) is 0 Å². The minimum atomic E-state index is 0.290. The number of halogens is 1. The fourth-order valence-corrected chi connectivity index (χ4v) is 2.25. The molecule has 1 aromatic rings. The summed E-state index contributed by atoms with van der Waals surface area (Å²) in [6, 6.07) is 8.32. The first kappa shape index (κ1) is 11.9. The molecular formula is C12H17BrN2O. The highest BCUT2D eigenvalue weighted by atomic mass is 79.9. The Bertz CT molecular complexity index is 340. The topological polar surface area (TPSA) is 24.5 Å². The fourth-order valence-electron chi connectivity index (χ4n) is 1.86. The number of anilines is 1. The zero-order chi connectivity index (χ0) is 11.4. The molecule has 88 valence electrons. The van der Waals surface area contributed by atoms with Gasteiger partial charge >= 0.3 is 0 Å². The number of nitrogens with zero attached hydrogens (tertiary/aromatic N) is 1. The van der Waals surface area contributed by atoms with Gasteiger partial charge in [-0.15, -0.1) is 0 Å². The molecule has 0 aliphatic carbocycles. The Hall–Kier alpha value is -0.580. The van der Waals surface area contributed by atoms with Gasteiger partial charge in [-0.1, -0.05) is 22.0 Å². The number of nitrogens with one attached hydrogen (secondary N) is 1. The molecule has 16 heavy (non-hydrogen) atoms. The van der Waals surface area contributed by atoms with Crippen LogP contribution in [0.5, 0.6) is 0 Å². The molecule has 0 saturated carbocycles. The summed E-state index contributed by atoms with van der Waals surface area (Å²) in [7, 11) is 2.10. The summed E-state index contributed by atoms with van der Waals surface area (Å²) >= 11 is 3.49. The summed E-state index contributed by atoms with van der Waals surface area (Å²) < 4.78 is 6.80. The molecule has 0 radical (unpaired) electrons. The third-order valence-corrected chi connectivity index (χ3v) is 3.22. The summed E-state index contributed by atoms with van der Waals surface area (Å²) in [5.41, 5.74) is 1.21. The normalized spacial score (nSPS) is 20.8. The van der Waals surface area contributed by atoms with Gasteiger partial charge in [0.1, 0.15) is 0 Å². The molecule has 1 atom stereocenters. The zero-order valence-electron chi connectivity index (χ0n) is 9.45. The van der Waals surface area contributed by atoms with Gasteiger partial charge in [-0.25, -0.2) is 0 Å². The molecule has 1 aliphatic heterocycles. The Labute approximate surface area is 105 Å². The van der Waals surface area contributed by atoms with Crippen molar-refractivity contribution in [3.8, 4) is 0 Å². The number of morpholine rings is 1. The maximum atomic E-state index is 5.68. The summed E-state index contributed by atoms with van der Waals surface area (Å²) in [5.74, 6) is 0. The lowest BCUT2D eigenvalue weighted by Gasteiger charge is -2.29. The quantitative estimate of drug-likeness (QED) is 0.917. The summed E-state index contributed by atoms with van der Waals surface area (Å²) in [6.07, 6.45) is 0.290. The van der Waals surface area contributed by atoms with Gasteiger partial charge in [0.05, 0.1) is 12.7 Å². The van der Waals surface area contributed by atoms with Crippen LogP contribution in [0.3, 0.4) is 0 Å². The molecule has 1 saturated heterocycles. The van der Waals surface area contributed by atoms with Crippen molar-refractivity contribution in [1.29, 1.82) is 0 Å². The maximum absolute atomic E-state index is 5.68. The molecule has 1 N–H and O–H groups in total. The molecule has 0 bridgehead atoms. The van der Waals surface area contributed by atoms with Crippen molar-refractivity contribution in [2.24, 2.45) is 0 Å². The maximum Gasteiger partial charge on any atom is 0.0874 e. The van der Waals surface area contributed by atoms with E-state index in [9.17, 15) is 0 Å². The second-order valence-corrected chi connectivity index (χ2v) is 4.97. The lowest BCUT2D eigenvalue weighted by atomic mass is 10.2. The number of benzene rings is 1. The first-order valence-corrected chi connectivity index (χ1v) is 6.34. The van der Waals surface area contributed by atoms with Crippen molar-refractivity contribution < 1.29 is 4.74 Å². The minimum Gasteiger partial charge on any atom is -0.374 e. The smallest absolute Gasteiger partial charge is 0.0874 e. The van der Waals surface area contributed by atoms with Crippen LogP contribution in [0.1, 0.15) is 0 Å². The van der Waals surface area contributed by atoms with Crippen molar-refractivity contribution in [2.75, 3.05) is 38.2 Å². The average Bonchev–Trinajstić information content (AvgIpc) is 2.30. The summed E-state index contributed by atoms with van der Waals surface area (Å²) in [5, 5.41) is 3.34. The molecule has 4 heteroatoms. The molecular weight excluding hydrogens is 268 g/mol. The third-order valence-electron chi connectivity index (χ3n) is 2.73. The van der Waals surface area contributed by atoms with Crippen LogP contribution < -0.4 is 10.2 Å². The monoisotopic (exact) mass is 284 g/mol. The number of hydrogen-bond acceptors (Lipinski definition) is 3. The molecule has 0 spiro atoms. The largest absolute Gasteiger partial charge is 0.374 e. The van der Waals surface area contributed by atoms with Gasteiger partial charge in [0, 0.05) is 36.8 Å². The highest BCUT2D eigenvalue weighted by Gasteiger charge is 2.15. The van der Waals surface area contributed by atoms with Crippen LogP contribution in [-0.2, 0) is 4.74 Å². The Kier molecular flexibility index (Phi) is 4.21. The van der Waals surface area contributed by atoms with E-state index in [0.29, 0.717) is 0 Å². The molecule has 2 rings (SSSR count). The Morgan fingerprint density at radius 2 is 2.44 bits per heavy atom. The van der Waals surface area contributed by atoms with Crippen LogP contribution in [0.25, 0.3) is 0 Å². The molecule has 1 unspecified atom stereocenters. The first-order valence-electron chi connectivity index (χ1n) is 5.55. The Morgan fingerprint density at radius 3 is 3.12 bits per heavy atom. The Balaban J connectivity index is 1.94. The standard InChI is InChI=1S/C12H17BrN2O/c1-15(9-12-8-14-5-6-16-12)11-4-2-3-10(13)7-11/h2-4,7,12,14H,5-6,8-9H2,1H3. The van der Waals surface area contributed by atoms with Gasteiger partial charge in [0.2, 0.25) is 0 Å². The predicted octanol–water partition coefficient (Wildman–Crippen LogP) is 1.87. The summed E-state index contributed by atoms with van der Waals surface area (Å²) in [4.78, 5) is 2.22. The van der Waals surface area contributed by atoms with E-state index < -0.39 is 0 Å². The molecule has 1 aliphatic rings. The highest BCUT2D eigenvalue weighted by Crippen LogP contribution is 2.19. The highest BCUT2D eigenvalue weighted by molar-refractivity contribution is 9.10. The van der Waals surface area contributed by atoms with Gasteiger partial charge in [0.25, 0.3) is 0 Å². The van der Waals surface area contributed by atoms with Crippen LogP contribution in [0.15, 0.2) is 28.7 Å². The van der Waals surface area contributed by atoms with Crippen LogP contribution in [0, 0.1) is 0 Å². The fraction of sp³-hybridized carbons (Fsp3) is 0.500. The second kappa shape index (κ2) is 5.66. The van der Waals surface area contributed by atoms with Crippen molar-refractivity contribution in [1.82, 2.24) is 5.32 Å². The molecule has 1 heterocycles. The molecule has 0 amide bonds. The van der Waals surface area contributed by atoms with E-state index in [4.69, 9.17) is 4.74 Å². The van der Waals surface area contributed by atoms with Crippen molar-refractivity contribution in [2.45, 2.75) is 6.10 Å². The lowest BCUT2D eigenvalue weighted by molar-refractivity contribution is 0.0340. The van der Waals surface area contributed by atoms with E-state index in [1.807, 2.05) is 6.07 Å². The van der Waals surface area contributed by atoms with Gasteiger partial charge < -0.3 is 15.0 Å². The van der Waals surface area contributed by atoms with E-state index in [1.165, 1.54) is 5.69 Å². The average molecular weight is 285 g/mol. The van der Waals surface area contributed by atoms with E-state index >= 15 is 0 Å². The van der Waals surface area contributed by atoms with Crippen LogP contribution in [0.4, 0.5) is 5.69 Å². The third kappa shape index (κ3) is 3.20. The number of ether oxygens (including phenoxy) is 1. The van der Waals surface area contributed by atoms with E-state index in [1.54, 1.807) is 0 Å². The minimum absolute atomic E-state index is 0.290. The number of likely N-dealkylation sites (N-methyl/N-ethyl adjacent to an activating group) is 1. The van der Waals surface area contributed by atoms with Gasteiger partial charge in [0.15, 0.2) is 0 Å². The van der Waals surface area contributed by atoms with E-state index in [0.717, 1.165) is 30.7 Å². The van der Waals surface area contributed by atoms with Crippen LogP contribution in [-0.4, -0.2) is 39.4 Å². The van der Waals surface area contributed by atoms with Crippen molar-refractivity contribution in [3.05, 3.63) is 28.7 Å². The molecule has 1 aromatic carbocycles. The molecule has 0 aromatic heterocycles. The SMILES string of the molecule is CN(CC1CNCCO1)c1cccc(Br)c1. The number of rotatable bonds is 3. The lowest BCUT2D eigenvalue weighted by Crippen LogP contribution is -2.44. The van der Waals surface area contributed by atoms with E-state index in [2.05, 4.69) is 51.4 Å². The Morgan fingerprint density at radius 1 is 1.56 bits per heavy atom. The van der Waals surface area contributed by atoms with Gasteiger partial charge in [-0.05, 0) is 18.2 Å². The van der Waals surface area contributed by atoms with Crippen molar-refractivity contribution >= 4 is 21.6 Å². The van der Waals surface area contributed by atoms with Gasteiger partial charge in [-0.3, -0.25) is 0 Å². The molecule has 1 fully saturated rings. The van der Waals surface area contributed by atoms with E-state index in [-0.39, 0.29) is 6.10 Å². The predicted molar refractivity (Wildman–Crippen MR) is 70.0 cm³/mol.